The Labute approximate surface area is 126 Å². The Hall–Kier alpha value is -1.52. The summed E-state index contributed by atoms with van der Waals surface area (Å²) in [4.78, 5) is 22.5. The van der Waals surface area contributed by atoms with Crippen molar-refractivity contribution >= 4 is 12.1 Å². The van der Waals surface area contributed by atoms with Crippen LogP contribution in [0.25, 0.3) is 0 Å². The van der Waals surface area contributed by atoms with E-state index in [9.17, 15) is 9.59 Å². The molecule has 0 aromatic rings. The molecule has 1 saturated carbocycles. The molecule has 1 amide bonds. The van der Waals surface area contributed by atoms with Crippen LogP contribution in [0.2, 0.25) is 0 Å². The second-order valence-electron chi connectivity index (χ2n) is 6.69. The van der Waals surface area contributed by atoms with E-state index < -0.39 is 17.7 Å². The Morgan fingerprint density at radius 2 is 1.90 bits per heavy atom. The Balaban J connectivity index is 2.58. The molecule has 5 nitrogen and oxygen atoms in total. The lowest BCUT2D eigenvalue weighted by Gasteiger charge is -2.27. The van der Waals surface area contributed by atoms with Gasteiger partial charge in [-0.25, -0.2) is 9.59 Å². The van der Waals surface area contributed by atoms with Crippen LogP contribution in [0, 0.1) is 5.92 Å². The summed E-state index contributed by atoms with van der Waals surface area (Å²) in [5.74, 6) is -0.466. The molecule has 1 aliphatic rings. The number of aliphatic carboxylic acids is 1. The first kappa shape index (κ1) is 17.5. The van der Waals surface area contributed by atoms with Gasteiger partial charge in [0.2, 0.25) is 0 Å². The second kappa shape index (κ2) is 8.05. The molecule has 0 aromatic carbocycles. The van der Waals surface area contributed by atoms with Gasteiger partial charge in [0.15, 0.2) is 0 Å². The first-order valence-electron chi connectivity index (χ1n) is 7.67. The topological polar surface area (TPSA) is 75.6 Å². The molecule has 2 N–H and O–H groups in total. The van der Waals surface area contributed by atoms with E-state index in [-0.39, 0.29) is 6.04 Å². The Bertz CT molecular complexity index is 378. The summed E-state index contributed by atoms with van der Waals surface area (Å²) in [7, 11) is 0. The van der Waals surface area contributed by atoms with Crippen LogP contribution in [0.3, 0.4) is 0 Å². The van der Waals surface area contributed by atoms with Gasteiger partial charge in [-0.3, -0.25) is 0 Å². The molecule has 1 atom stereocenters. The molecule has 0 saturated heterocycles. The summed E-state index contributed by atoms with van der Waals surface area (Å²) in [5, 5.41) is 11.5. The normalized spacial score (nSPS) is 18.4. The maximum atomic E-state index is 11.8. The number of hydrogen-bond donors (Lipinski definition) is 2. The molecule has 1 rings (SSSR count). The number of amides is 1. The van der Waals surface area contributed by atoms with Crippen molar-refractivity contribution < 1.29 is 19.4 Å². The Kier molecular flexibility index (Phi) is 6.72. The summed E-state index contributed by atoms with van der Waals surface area (Å²) in [6.07, 6.45) is 8.89. The fraction of sp³-hybridized carbons (Fsp3) is 0.750. The maximum Gasteiger partial charge on any atom is 0.408 e. The van der Waals surface area contributed by atoms with E-state index in [2.05, 4.69) is 5.32 Å². The zero-order valence-corrected chi connectivity index (χ0v) is 13.2. The van der Waals surface area contributed by atoms with E-state index in [1.165, 1.54) is 19.3 Å². The van der Waals surface area contributed by atoms with Crippen molar-refractivity contribution in [2.45, 2.75) is 70.9 Å². The fourth-order valence-corrected chi connectivity index (χ4v) is 2.62. The zero-order chi connectivity index (χ0) is 15.9. The van der Waals surface area contributed by atoms with Gasteiger partial charge in [0.25, 0.3) is 0 Å². The van der Waals surface area contributed by atoms with Crippen LogP contribution in [0.1, 0.15) is 59.3 Å². The Morgan fingerprint density at radius 1 is 1.29 bits per heavy atom. The third kappa shape index (κ3) is 8.38. The molecule has 120 valence electrons. The van der Waals surface area contributed by atoms with E-state index in [4.69, 9.17) is 9.84 Å². The molecule has 21 heavy (non-hydrogen) atoms. The fourth-order valence-electron chi connectivity index (χ4n) is 2.62. The first-order chi connectivity index (χ1) is 9.76. The van der Waals surface area contributed by atoms with E-state index in [0.717, 1.165) is 25.3 Å². The number of carbonyl (C=O) groups is 2. The number of rotatable bonds is 5. The number of ether oxygens (including phenoxy) is 1. The quantitative estimate of drug-likeness (QED) is 0.762. The lowest BCUT2D eigenvalue weighted by atomic mass is 9.85. The number of carbonyl (C=O) groups excluding carboxylic acids is 1. The van der Waals surface area contributed by atoms with Crippen LogP contribution in [0.15, 0.2) is 12.2 Å². The van der Waals surface area contributed by atoms with Crippen LogP contribution in [0.4, 0.5) is 4.79 Å². The van der Waals surface area contributed by atoms with Crippen LogP contribution in [0.5, 0.6) is 0 Å². The van der Waals surface area contributed by atoms with Crippen LogP contribution in [-0.2, 0) is 9.53 Å². The highest BCUT2D eigenvalue weighted by atomic mass is 16.6. The van der Waals surface area contributed by atoms with Crippen molar-refractivity contribution in [3.05, 3.63) is 12.2 Å². The molecule has 1 fully saturated rings. The number of hydrogen-bond acceptors (Lipinski definition) is 3. The van der Waals surface area contributed by atoms with Crippen molar-refractivity contribution in [3.63, 3.8) is 0 Å². The van der Waals surface area contributed by atoms with E-state index in [1.807, 2.05) is 0 Å². The minimum Gasteiger partial charge on any atom is -0.478 e. The van der Waals surface area contributed by atoms with Gasteiger partial charge in [0.05, 0.1) is 6.04 Å². The minimum absolute atomic E-state index is 0.293. The molecule has 0 aromatic heterocycles. The van der Waals surface area contributed by atoms with Gasteiger partial charge >= 0.3 is 12.1 Å². The summed E-state index contributed by atoms with van der Waals surface area (Å²) in [5.41, 5.74) is -0.560. The lowest BCUT2D eigenvalue weighted by Crippen LogP contribution is -2.39. The minimum atomic E-state index is -1.00. The standard InChI is InChI=1S/C16H27NO4/c1-16(2,3)21-15(20)17-13(9-10-14(18)19)11-12-7-5-4-6-8-12/h9-10,12-13H,4-8,11H2,1-3H3,(H,17,20)(H,18,19)/t13-/m1/s1. The second-order valence-corrected chi connectivity index (χ2v) is 6.69. The molecule has 0 radical (unpaired) electrons. The largest absolute Gasteiger partial charge is 0.478 e. The molecule has 0 unspecified atom stereocenters. The van der Waals surface area contributed by atoms with Gasteiger partial charge in [-0.2, -0.15) is 0 Å². The van der Waals surface area contributed by atoms with Crippen molar-refractivity contribution in [1.82, 2.24) is 5.32 Å². The molecular formula is C16H27NO4. The molecule has 0 heterocycles. The number of alkyl carbamates (subject to hydrolysis) is 1. The first-order valence-corrected chi connectivity index (χ1v) is 7.67. The summed E-state index contributed by atoms with van der Waals surface area (Å²) in [6, 6.07) is -0.293. The van der Waals surface area contributed by atoms with Crippen molar-refractivity contribution in [1.29, 1.82) is 0 Å². The average molecular weight is 297 g/mol. The van der Waals surface area contributed by atoms with E-state index >= 15 is 0 Å². The van der Waals surface area contributed by atoms with Gasteiger partial charge < -0.3 is 15.2 Å². The number of carboxylic acids is 1. The van der Waals surface area contributed by atoms with Crippen LogP contribution in [-0.4, -0.2) is 28.8 Å². The smallest absolute Gasteiger partial charge is 0.408 e. The predicted molar refractivity (Wildman–Crippen MR) is 81.1 cm³/mol. The van der Waals surface area contributed by atoms with Crippen LogP contribution >= 0.6 is 0 Å². The third-order valence-electron chi connectivity index (χ3n) is 3.49. The monoisotopic (exact) mass is 297 g/mol. The SMILES string of the molecule is CC(C)(C)OC(=O)N[C@H](C=CC(=O)O)CC1CCCCC1. The Morgan fingerprint density at radius 3 is 2.43 bits per heavy atom. The number of nitrogens with one attached hydrogen (secondary N) is 1. The van der Waals surface area contributed by atoms with Crippen molar-refractivity contribution in [3.8, 4) is 0 Å². The van der Waals surface area contributed by atoms with Gasteiger partial charge in [-0.15, -0.1) is 0 Å². The van der Waals surface area contributed by atoms with E-state index in [1.54, 1.807) is 26.8 Å². The summed E-state index contributed by atoms with van der Waals surface area (Å²) >= 11 is 0. The average Bonchev–Trinajstić information content (AvgIpc) is 2.34. The highest BCUT2D eigenvalue weighted by Gasteiger charge is 2.22. The van der Waals surface area contributed by atoms with Crippen molar-refractivity contribution in [2.75, 3.05) is 0 Å². The lowest BCUT2D eigenvalue weighted by molar-refractivity contribution is -0.131. The van der Waals surface area contributed by atoms with Gasteiger partial charge in [-0.1, -0.05) is 38.2 Å². The third-order valence-corrected chi connectivity index (χ3v) is 3.49. The zero-order valence-electron chi connectivity index (χ0n) is 13.2. The molecule has 0 spiro atoms. The molecule has 0 aliphatic heterocycles. The highest BCUT2D eigenvalue weighted by Crippen LogP contribution is 2.27. The number of carboxylic acid groups (broad SMARTS) is 1. The molecule has 0 bridgehead atoms. The van der Waals surface area contributed by atoms with Crippen molar-refractivity contribution in [2.24, 2.45) is 5.92 Å². The summed E-state index contributed by atoms with van der Waals surface area (Å²) in [6.45, 7) is 5.40. The van der Waals surface area contributed by atoms with E-state index in [0.29, 0.717) is 5.92 Å². The predicted octanol–water partition coefficient (Wildman–Crippen LogP) is 3.49. The molecular weight excluding hydrogens is 270 g/mol. The molecule has 5 heteroatoms. The van der Waals surface area contributed by atoms with Gasteiger partial charge in [0, 0.05) is 6.08 Å². The van der Waals surface area contributed by atoms with Gasteiger partial charge in [-0.05, 0) is 33.1 Å². The highest BCUT2D eigenvalue weighted by molar-refractivity contribution is 5.80. The van der Waals surface area contributed by atoms with Crippen LogP contribution < -0.4 is 5.32 Å². The molecule has 1 aliphatic carbocycles. The maximum absolute atomic E-state index is 11.8. The van der Waals surface area contributed by atoms with Gasteiger partial charge in [0.1, 0.15) is 5.60 Å². The summed E-state index contributed by atoms with van der Waals surface area (Å²) < 4.78 is 5.23.